The van der Waals surface area contributed by atoms with Crippen molar-refractivity contribution in [3.05, 3.63) is 35.4 Å². The summed E-state index contributed by atoms with van der Waals surface area (Å²) in [6, 6.07) is 8.73. The van der Waals surface area contributed by atoms with Gasteiger partial charge in [0, 0.05) is 5.75 Å². The van der Waals surface area contributed by atoms with E-state index in [0.717, 1.165) is 5.75 Å². The number of benzene rings is 1. The maximum atomic E-state index is 4.24. The molecule has 19 heavy (non-hydrogen) atoms. The highest BCUT2D eigenvalue weighted by Crippen LogP contribution is 2.17. The van der Waals surface area contributed by atoms with Crippen LogP contribution in [0, 0.1) is 6.92 Å². The first-order valence-electron chi connectivity index (χ1n) is 7.57. The first-order valence-corrected chi connectivity index (χ1v) is 9.36. The SMILES string of the molecule is Cc1ccccc1CSCCCCCCCCCS. The van der Waals surface area contributed by atoms with Crippen molar-refractivity contribution in [2.45, 2.75) is 57.6 Å². The molecular weight excluding hydrogens is 268 g/mol. The lowest BCUT2D eigenvalue weighted by molar-refractivity contribution is 0.605. The molecule has 0 nitrogen and oxygen atoms in total. The Balaban J connectivity index is 1.90. The van der Waals surface area contributed by atoms with Crippen molar-refractivity contribution in [2.24, 2.45) is 0 Å². The number of thiol groups is 1. The second kappa shape index (κ2) is 11.7. The Morgan fingerprint density at radius 1 is 0.895 bits per heavy atom. The quantitative estimate of drug-likeness (QED) is 0.392. The van der Waals surface area contributed by atoms with Crippen LogP contribution in [0.1, 0.15) is 56.1 Å². The van der Waals surface area contributed by atoms with Crippen LogP contribution in [-0.2, 0) is 5.75 Å². The van der Waals surface area contributed by atoms with Crippen molar-refractivity contribution in [2.75, 3.05) is 11.5 Å². The molecule has 1 rings (SSSR count). The van der Waals surface area contributed by atoms with E-state index in [0.29, 0.717) is 0 Å². The molecule has 0 heterocycles. The van der Waals surface area contributed by atoms with Crippen LogP contribution in [0.15, 0.2) is 24.3 Å². The molecule has 0 aliphatic heterocycles. The number of aryl methyl sites for hydroxylation is 1. The maximum Gasteiger partial charge on any atom is 0.0187 e. The zero-order valence-electron chi connectivity index (χ0n) is 12.2. The van der Waals surface area contributed by atoms with Gasteiger partial charge in [-0.2, -0.15) is 24.4 Å². The summed E-state index contributed by atoms with van der Waals surface area (Å²) in [5.74, 6) is 3.54. The summed E-state index contributed by atoms with van der Waals surface area (Å²) >= 11 is 6.32. The van der Waals surface area contributed by atoms with E-state index in [2.05, 4.69) is 55.6 Å². The van der Waals surface area contributed by atoms with Gasteiger partial charge >= 0.3 is 0 Å². The van der Waals surface area contributed by atoms with Crippen LogP contribution < -0.4 is 0 Å². The summed E-state index contributed by atoms with van der Waals surface area (Å²) in [4.78, 5) is 0. The molecule has 0 spiro atoms. The molecule has 0 saturated heterocycles. The van der Waals surface area contributed by atoms with Crippen LogP contribution >= 0.6 is 24.4 Å². The van der Waals surface area contributed by atoms with Gasteiger partial charge in [0.2, 0.25) is 0 Å². The molecule has 0 fully saturated rings. The summed E-state index contributed by atoms with van der Waals surface area (Å²) in [6.45, 7) is 2.21. The Bertz CT molecular complexity index is 323. The molecule has 1 aromatic rings. The normalized spacial score (nSPS) is 10.8. The van der Waals surface area contributed by atoms with Crippen molar-refractivity contribution < 1.29 is 0 Å². The van der Waals surface area contributed by atoms with Gasteiger partial charge in [0.05, 0.1) is 0 Å². The van der Waals surface area contributed by atoms with Gasteiger partial charge in [-0.25, -0.2) is 0 Å². The number of rotatable bonds is 11. The highest BCUT2D eigenvalue weighted by atomic mass is 32.2. The highest BCUT2D eigenvalue weighted by molar-refractivity contribution is 7.98. The third-order valence-electron chi connectivity index (χ3n) is 3.47. The summed E-state index contributed by atoms with van der Waals surface area (Å²) in [7, 11) is 0. The first kappa shape index (κ1) is 17.0. The zero-order valence-corrected chi connectivity index (χ0v) is 13.9. The minimum absolute atomic E-state index is 1.05. The highest BCUT2D eigenvalue weighted by Gasteiger charge is 1.97. The minimum Gasteiger partial charge on any atom is -0.179 e. The van der Waals surface area contributed by atoms with E-state index in [9.17, 15) is 0 Å². The number of unbranched alkanes of at least 4 members (excludes halogenated alkanes) is 6. The van der Waals surface area contributed by atoms with Crippen LogP contribution in [0.5, 0.6) is 0 Å². The predicted molar refractivity (Wildman–Crippen MR) is 93.5 cm³/mol. The van der Waals surface area contributed by atoms with Gasteiger partial charge in [-0.3, -0.25) is 0 Å². The lowest BCUT2D eigenvalue weighted by atomic mass is 10.1. The number of thioether (sulfide) groups is 1. The van der Waals surface area contributed by atoms with Crippen molar-refractivity contribution in [1.82, 2.24) is 0 Å². The summed E-state index contributed by atoms with van der Waals surface area (Å²) in [5.41, 5.74) is 2.93. The first-order chi connectivity index (χ1) is 9.34. The van der Waals surface area contributed by atoms with Gasteiger partial charge in [-0.15, -0.1) is 0 Å². The maximum absolute atomic E-state index is 4.24. The monoisotopic (exact) mass is 296 g/mol. The Morgan fingerprint density at radius 3 is 2.21 bits per heavy atom. The molecule has 2 heteroatoms. The lowest BCUT2D eigenvalue weighted by Gasteiger charge is -2.05. The summed E-state index contributed by atoms with van der Waals surface area (Å²) < 4.78 is 0. The van der Waals surface area contributed by atoms with E-state index in [4.69, 9.17) is 0 Å². The molecule has 0 unspecified atom stereocenters. The average molecular weight is 297 g/mol. The Labute approximate surface area is 129 Å². The van der Waals surface area contributed by atoms with Crippen LogP contribution in [0.3, 0.4) is 0 Å². The van der Waals surface area contributed by atoms with E-state index < -0.39 is 0 Å². The molecule has 0 aliphatic carbocycles. The van der Waals surface area contributed by atoms with Crippen LogP contribution in [0.4, 0.5) is 0 Å². The van der Waals surface area contributed by atoms with Crippen LogP contribution in [0.2, 0.25) is 0 Å². The van der Waals surface area contributed by atoms with E-state index in [1.807, 2.05) is 0 Å². The fraction of sp³-hybridized carbons (Fsp3) is 0.647. The van der Waals surface area contributed by atoms with Crippen LogP contribution in [0.25, 0.3) is 0 Å². The molecule has 0 aliphatic rings. The fourth-order valence-electron chi connectivity index (χ4n) is 2.15. The second-order valence-corrected chi connectivity index (χ2v) is 6.73. The molecule has 0 bridgehead atoms. The standard InChI is InChI=1S/C17H28S2/c1-16-11-7-8-12-17(16)15-19-14-10-6-4-2-3-5-9-13-18/h7-8,11-12,18H,2-6,9-10,13-15H2,1H3. The Kier molecular flexibility index (Phi) is 10.5. The number of hydrogen-bond donors (Lipinski definition) is 1. The van der Waals surface area contributed by atoms with Gasteiger partial charge in [0.15, 0.2) is 0 Å². The van der Waals surface area contributed by atoms with Gasteiger partial charge in [0.25, 0.3) is 0 Å². The Hall–Kier alpha value is -0.0800. The van der Waals surface area contributed by atoms with E-state index in [1.54, 1.807) is 0 Å². The fourth-order valence-corrected chi connectivity index (χ4v) is 3.47. The number of hydrogen-bond acceptors (Lipinski definition) is 2. The molecule has 0 amide bonds. The molecule has 108 valence electrons. The Morgan fingerprint density at radius 2 is 1.53 bits per heavy atom. The van der Waals surface area contributed by atoms with Crippen molar-refractivity contribution in [1.29, 1.82) is 0 Å². The molecule has 0 atom stereocenters. The van der Waals surface area contributed by atoms with E-state index in [-0.39, 0.29) is 0 Å². The molecule has 0 aromatic heterocycles. The van der Waals surface area contributed by atoms with E-state index in [1.165, 1.54) is 67.6 Å². The minimum atomic E-state index is 1.05. The third kappa shape index (κ3) is 8.65. The smallest absolute Gasteiger partial charge is 0.0187 e. The van der Waals surface area contributed by atoms with Gasteiger partial charge in [0.1, 0.15) is 0 Å². The largest absolute Gasteiger partial charge is 0.179 e. The second-order valence-electron chi connectivity index (χ2n) is 5.18. The van der Waals surface area contributed by atoms with Gasteiger partial charge in [-0.05, 0) is 42.4 Å². The van der Waals surface area contributed by atoms with Crippen LogP contribution in [-0.4, -0.2) is 11.5 Å². The van der Waals surface area contributed by atoms with Crippen molar-refractivity contribution in [3.8, 4) is 0 Å². The molecule has 0 N–H and O–H groups in total. The summed E-state index contributed by atoms with van der Waals surface area (Å²) in [5, 5.41) is 0. The van der Waals surface area contributed by atoms with Crippen molar-refractivity contribution in [3.63, 3.8) is 0 Å². The van der Waals surface area contributed by atoms with Gasteiger partial charge < -0.3 is 0 Å². The molecule has 1 aromatic carbocycles. The summed E-state index contributed by atoms with van der Waals surface area (Å²) in [6.07, 6.45) is 9.66. The molecule has 0 radical (unpaired) electrons. The van der Waals surface area contributed by atoms with Crippen molar-refractivity contribution >= 4 is 24.4 Å². The predicted octanol–water partition coefficient (Wildman–Crippen LogP) is 5.89. The topological polar surface area (TPSA) is 0 Å². The van der Waals surface area contributed by atoms with Gasteiger partial charge in [-0.1, -0.05) is 56.4 Å². The molecule has 0 saturated carbocycles. The van der Waals surface area contributed by atoms with E-state index >= 15 is 0 Å². The molecular formula is C17H28S2. The third-order valence-corrected chi connectivity index (χ3v) is 4.87. The average Bonchev–Trinajstić information content (AvgIpc) is 2.43. The lowest BCUT2D eigenvalue weighted by Crippen LogP contribution is -1.88. The zero-order chi connectivity index (χ0) is 13.8.